The van der Waals surface area contributed by atoms with Crippen LogP contribution in [0.4, 0.5) is 0 Å². The Morgan fingerprint density at radius 2 is 2.07 bits per heavy atom. The molecule has 0 aromatic heterocycles. The largest absolute Gasteiger partial charge is 0.391 e. The van der Waals surface area contributed by atoms with Crippen LogP contribution in [0.25, 0.3) is 0 Å². The van der Waals surface area contributed by atoms with Crippen LogP contribution in [0.2, 0.25) is 0 Å². The zero-order valence-corrected chi connectivity index (χ0v) is 10.3. The molecule has 0 saturated heterocycles. The van der Waals surface area contributed by atoms with Gasteiger partial charge in [0.2, 0.25) is 0 Å². The van der Waals surface area contributed by atoms with Gasteiger partial charge in [-0.2, -0.15) is 0 Å². The van der Waals surface area contributed by atoms with Gasteiger partial charge in [-0.05, 0) is 26.3 Å². The van der Waals surface area contributed by atoms with Crippen LogP contribution < -0.4 is 0 Å². The van der Waals surface area contributed by atoms with Gasteiger partial charge in [0.25, 0.3) is 0 Å². The lowest BCUT2D eigenvalue weighted by molar-refractivity contribution is -0.0127. The number of likely N-dealkylation sites (N-methyl/N-ethyl adjacent to an activating group) is 1. The highest BCUT2D eigenvalue weighted by molar-refractivity contribution is 4.85. The second-order valence-corrected chi connectivity index (χ2v) is 4.55. The first kappa shape index (κ1) is 12.9. The minimum absolute atomic E-state index is 0.141. The van der Waals surface area contributed by atoms with Gasteiger partial charge in [-0.25, -0.2) is 0 Å². The summed E-state index contributed by atoms with van der Waals surface area (Å²) in [5.41, 5.74) is 0. The van der Waals surface area contributed by atoms with E-state index >= 15 is 0 Å². The van der Waals surface area contributed by atoms with Crippen molar-refractivity contribution in [2.24, 2.45) is 0 Å². The Morgan fingerprint density at radius 1 is 1.40 bits per heavy atom. The number of hydrogen-bond acceptors (Lipinski definition) is 3. The summed E-state index contributed by atoms with van der Waals surface area (Å²) in [4.78, 5) is 2.38. The smallest absolute Gasteiger partial charge is 0.0695 e. The second kappa shape index (κ2) is 6.46. The predicted molar refractivity (Wildman–Crippen MR) is 62.0 cm³/mol. The Kier molecular flexibility index (Phi) is 5.58. The zero-order valence-electron chi connectivity index (χ0n) is 10.3. The van der Waals surface area contributed by atoms with Crippen molar-refractivity contribution >= 4 is 0 Å². The Morgan fingerprint density at radius 3 is 2.60 bits per heavy atom. The van der Waals surface area contributed by atoms with Crippen molar-refractivity contribution in [3.63, 3.8) is 0 Å². The molecule has 3 nitrogen and oxygen atoms in total. The summed E-state index contributed by atoms with van der Waals surface area (Å²) < 4.78 is 5.19. The minimum Gasteiger partial charge on any atom is -0.391 e. The zero-order chi connectivity index (χ0) is 11.3. The van der Waals surface area contributed by atoms with Gasteiger partial charge in [0.05, 0.1) is 12.7 Å². The highest BCUT2D eigenvalue weighted by atomic mass is 16.5. The SMILES string of the molecule is CCN(C(C)COC)[C@H]1CCCC[C@@H]1O. The highest BCUT2D eigenvalue weighted by Crippen LogP contribution is 2.24. The van der Waals surface area contributed by atoms with Crippen LogP contribution in [0.15, 0.2) is 0 Å². The number of nitrogens with zero attached hydrogens (tertiary/aromatic N) is 1. The summed E-state index contributed by atoms with van der Waals surface area (Å²) in [6, 6.07) is 0.742. The van der Waals surface area contributed by atoms with Crippen LogP contribution in [0.5, 0.6) is 0 Å². The molecule has 3 heteroatoms. The van der Waals surface area contributed by atoms with Crippen LogP contribution in [0.3, 0.4) is 0 Å². The van der Waals surface area contributed by atoms with E-state index in [1.807, 2.05) is 0 Å². The van der Waals surface area contributed by atoms with E-state index in [1.165, 1.54) is 12.8 Å². The molecule has 0 spiro atoms. The van der Waals surface area contributed by atoms with E-state index < -0.39 is 0 Å². The number of aliphatic hydroxyl groups excluding tert-OH is 1. The fourth-order valence-corrected chi connectivity index (χ4v) is 2.69. The number of methoxy groups -OCH3 is 1. The molecule has 1 aliphatic rings. The van der Waals surface area contributed by atoms with Crippen molar-refractivity contribution in [1.82, 2.24) is 4.90 Å². The molecule has 0 bridgehead atoms. The average Bonchev–Trinajstić information content (AvgIpc) is 2.22. The maximum atomic E-state index is 10.0. The molecular formula is C12H25NO2. The van der Waals surface area contributed by atoms with Crippen LogP contribution in [0, 0.1) is 0 Å². The van der Waals surface area contributed by atoms with Crippen LogP contribution in [-0.2, 0) is 4.74 Å². The predicted octanol–water partition coefficient (Wildman–Crippen LogP) is 1.65. The normalized spacial score (nSPS) is 29.4. The Hall–Kier alpha value is -0.120. The van der Waals surface area contributed by atoms with Gasteiger partial charge in [-0.3, -0.25) is 4.90 Å². The molecular weight excluding hydrogens is 190 g/mol. The number of aliphatic hydroxyl groups is 1. The third kappa shape index (κ3) is 3.44. The van der Waals surface area contributed by atoms with Crippen LogP contribution in [0.1, 0.15) is 39.5 Å². The Bertz CT molecular complexity index is 175. The number of hydrogen-bond donors (Lipinski definition) is 1. The van der Waals surface area contributed by atoms with Crippen molar-refractivity contribution in [2.45, 2.75) is 57.7 Å². The summed E-state index contributed by atoms with van der Waals surface area (Å²) in [5, 5.41) is 10.0. The van der Waals surface area contributed by atoms with Crippen molar-refractivity contribution in [3.05, 3.63) is 0 Å². The average molecular weight is 215 g/mol. The van der Waals surface area contributed by atoms with E-state index in [2.05, 4.69) is 18.7 Å². The molecule has 3 atom stereocenters. The van der Waals surface area contributed by atoms with Crippen molar-refractivity contribution in [2.75, 3.05) is 20.3 Å². The summed E-state index contributed by atoms with van der Waals surface area (Å²) in [7, 11) is 1.74. The third-order valence-electron chi connectivity index (χ3n) is 3.46. The maximum absolute atomic E-state index is 10.0. The molecule has 1 N–H and O–H groups in total. The number of rotatable bonds is 5. The van der Waals surface area contributed by atoms with Crippen LogP contribution in [-0.4, -0.2) is 48.5 Å². The van der Waals surface area contributed by atoms with Crippen LogP contribution >= 0.6 is 0 Å². The highest BCUT2D eigenvalue weighted by Gasteiger charge is 2.30. The van der Waals surface area contributed by atoms with Gasteiger partial charge in [-0.15, -0.1) is 0 Å². The molecule has 0 radical (unpaired) electrons. The molecule has 15 heavy (non-hydrogen) atoms. The monoisotopic (exact) mass is 215 g/mol. The lowest BCUT2D eigenvalue weighted by Crippen LogP contribution is -2.50. The van der Waals surface area contributed by atoms with Gasteiger partial charge < -0.3 is 9.84 Å². The minimum atomic E-state index is -0.141. The van der Waals surface area contributed by atoms with E-state index in [0.717, 1.165) is 26.0 Å². The summed E-state index contributed by atoms with van der Waals surface area (Å²) in [5.74, 6) is 0. The molecule has 1 aliphatic carbocycles. The number of ether oxygens (including phenoxy) is 1. The Labute approximate surface area is 93.4 Å². The van der Waals surface area contributed by atoms with Crippen molar-refractivity contribution < 1.29 is 9.84 Å². The first-order valence-electron chi connectivity index (χ1n) is 6.13. The second-order valence-electron chi connectivity index (χ2n) is 4.55. The molecule has 1 rings (SSSR count). The van der Waals surface area contributed by atoms with Crippen molar-refractivity contribution in [1.29, 1.82) is 0 Å². The van der Waals surface area contributed by atoms with E-state index in [1.54, 1.807) is 7.11 Å². The molecule has 1 unspecified atom stereocenters. The van der Waals surface area contributed by atoms with E-state index in [4.69, 9.17) is 4.74 Å². The summed E-state index contributed by atoms with van der Waals surface area (Å²) in [6.07, 6.45) is 4.37. The lowest BCUT2D eigenvalue weighted by atomic mass is 9.90. The topological polar surface area (TPSA) is 32.7 Å². The molecule has 1 fully saturated rings. The van der Waals surface area contributed by atoms with Gasteiger partial charge >= 0.3 is 0 Å². The standard InChI is InChI=1S/C12H25NO2/c1-4-13(10(2)9-15-3)11-7-5-6-8-12(11)14/h10-12,14H,4-9H2,1-3H3/t10?,11-,12-/m0/s1. The first-order valence-corrected chi connectivity index (χ1v) is 6.13. The first-order chi connectivity index (χ1) is 7.20. The van der Waals surface area contributed by atoms with E-state index in [9.17, 15) is 5.11 Å². The molecule has 1 saturated carbocycles. The quantitative estimate of drug-likeness (QED) is 0.757. The third-order valence-corrected chi connectivity index (χ3v) is 3.46. The van der Waals surface area contributed by atoms with Gasteiger partial charge in [0, 0.05) is 19.2 Å². The molecule has 90 valence electrons. The van der Waals surface area contributed by atoms with Crippen molar-refractivity contribution in [3.8, 4) is 0 Å². The molecule has 0 aromatic rings. The fourth-order valence-electron chi connectivity index (χ4n) is 2.69. The van der Waals surface area contributed by atoms with Gasteiger partial charge in [-0.1, -0.05) is 19.8 Å². The molecule has 0 aromatic carbocycles. The molecule has 0 heterocycles. The van der Waals surface area contributed by atoms with E-state index in [0.29, 0.717) is 12.1 Å². The van der Waals surface area contributed by atoms with Gasteiger partial charge in [0.1, 0.15) is 0 Å². The molecule has 0 amide bonds. The van der Waals surface area contributed by atoms with E-state index in [-0.39, 0.29) is 6.10 Å². The van der Waals surface area contributed by atoms with Gasteiger partial charge in [0.15, 0.2) is 0 Å². The maximum Gasteiger partial charge on any atom is 0.0695 e. The fraction of sp³-hybridized carbons (Fsp3) is 1.00. The summed E-state index contributed by atoms with van der Waals surface area (Å²) >= 11 is 0. The lowest BCUT2D eigenvalue weighted by Gasteiger charge is -2.40. The Balaban J connectivity index is 2.54. The molecule has 0 aliphatic heterocycles. The summed E-state index contributed by atoms with van der Waals surface area (Å²) in [6.45, 7) is 6.07.